The molecule has 20 heavy (non-hydrogen) atoms. The number of benzene rings is 1. The van der Waals surface area contributed by atoms with Crippen LogP contribution in [0.15, 0.2) is 35.7 Å². The van der Waals surface area contributed by atoms with E-state index in [0.29, 0.717) is 0 Å². The lowest BCUT2D eigenvalue weighted by atomic mass is 10.0. The van der Waals surface area contributed by atoms with Crippen molar-refractivity contribution >= 4 is 28.6 Å². The first-order chi connectivity index (χ1) is 9.75. The van der Waals surface area contributed by atoms with Gasteiger partial charge in [-0.2, -0.15) is 0 Å². The first-order valence-electron chi connectivity index (χ1n) is 6.79. The summed E-state index contributed by atoms with van der Waals surface area (Å²) in [5.74, 6) is 0. The number of thiophene rings is 1. The smallest absolute Gasteiger partial charge is 0.0717 e. The molecular weight excluding hydrogens is 290 g/mol. The molecule has 0 bridgehead atoms. The van der Waals surface area contributed by atoms with Crippen LogP contribution in [0, 0.1) is 0 Å². The van der Waals surface area contributed by atoms with E-state index in [2.05, 4.69) is 27.7 Å². The van der Waals surface area contributed by atoms with Crippen LogP contribution in [0.2, 0.25) is 5.02 Å². The Labute approximate surface area is 128 Å². The van der Waals surface area contributed by atoms with Gasteiger partial charge in [-0.1, -0.05) is 17.7 Å². The first-order valence-corrected chi connectivity index (χ1v) is 8.04. The van der Waals surface area contributed by atoms with E-state index in [0.717, 1.165) is 42.5 Å². The van der Waals surface area contributed by atoms with Crippen LogP contribution < -0.4 is 11.1 Å². The maximum Gasteiger partial charge on any atom is 0.0717 e. The van der Waals surface area contributed by atoms with Crippen molar-refractivity contribution < 1.29 is 0 Å². The number of hydrogen-bond donors (Lipinski definition) is 2. The van der Waals surface area contributed by atoms with Crippen molar-refractivity contribution in [2.24, 2.45) is 0 Å². The molecule has 1 aliphatic rings. The van der Waals surface area contributed by atoms with Gasteiger partial charge in [-0.05, 0) is 35.2 Å². The van der Waals surface area contributed by atoms with Crippen molar-refractivity contribution in [1.82, 2.24) is 10.2 Å². The molecule has 5 heteroatoms. The number of halogens is 1. The Morgan fingerprint density at radius 1 is 1.25 bits per heavy atom. The second-order valence-corrected chi connectivity index (χ2v) is 6.39. The molecule has 0 aliphatic carbocycles. The molecule has 106 valence electrons. The number of piperazine rings is 1. The predicted octanol–water partition coefficient (Wildman–Crippen LogP) is 2.98. The lowest BCUT2D eigenvalue weighted by Gasteiger charge is -2.35. The maximum atomic E-state index is 6.21. The summed E-state index contributed by atoms with van der Waals surface area (Å²) in [6, 6.07) is 10.2. The van der Waals surface area contributed by atoms with E-state index >= 15 is 0 Å². The Kier molecular flexibility index (Phi) is 4.27. The standard InChI is InChI=1S/C15H18ClN3S/c16-11-3-4-13(17)12(10-11)15(14-2-1-9-20-14)19-7-5-18-6-8-19/h1-4,9-10,15,18H,5-8,17H2/t15-/m1/s1. The molecule has 1 atom stereocenters. The van der Waals surface area contributed by atoms with Gasteiger partial charge in [0.05, 0.1) is 6.04 Å². The fourth-order valence-electron chi connectivity index (χ4n) is 2.70. The zero-order valence-corrected chi connectivity index (χ0v) is 12.8. The summed E-state index contributed by atoms with van der Waals surface area (Å²) in [5, 5.41) is 6.25. The second kappa shape index (κ2) is 6.14. The third-order valence-electron chi connectivity index (χ3n) is 3.67. The molecule has 1 saturated heterocycles. The Bertz CT molecular complexity index is 565. The fourth-order valence-corrected chi connectivity index (χ4v) is 3.76. The molecule has 3 rings (SSSR count). The van der Waals surface area contributed by atoms with E-state index in [4.69, 9.17) is 17.3 Å². The molecule has 0 saturated carbocycles. The van der Waals surface area contributed by atoms with Gasteiger partial charge in [0.15, 0.2) is 0 Å². The van der Waals surface area contributed by atoms with Gasteiger partial charge in [-0.3, -0.25) is 4.90 Å². The molecule has 3 nitrogen and oxygen atoms in total. The van der Waals surface area contributed by atoms with Gasteiger partial charge in [0.2, 0.25) is 0 Å². The molecule has 0 amide bonds. The molecule has 1 aliphatic heterocycles. The largest absolute Gasteiger partial charge is 0.398 e. The summed E-state index contributed by atoms with van der Waals surface area (Å²) in [4.78, 5) is 3.80. The van der Waals surface area contributed by atoms with Crippen LogP contribution in [0.4, 0.5) is 5.69 Å². The molecule has 1 fully saturated rings. The van der Waals surface area contributed by atoms with Gasteiger partial charge in [0, 0.05) is 41.8 Å². The van der Waals surface area contributed by atoms with Crippen LogP contribution in [0.1, 0.15) is 16.5 Å². The summed E-state index contributed by atoms with van der Waals surface area (Å²) in [5.41, 5.74) is 8.13. The summed E-state index contributed by atoms with van der Waals surface area (Å²) >= 11 is 7.95. The average Bonchev–Trinajstić information content (AvgIpc) is 2.98. The number of nitrogens with one attached hydrogen (secondary N) is 1. The number of hydrogen-bond acceptors (Lipinski definition) is 4. The van der Waals surface area contributed by atoms with Crippen LogP contribution in [0.5, 0.6) is 0 Å². The summed E-state index contributed by atoms with van der Waals surface area (Å²) in [7, 11) is 0. The third kappa shape index (κ3) is 2.83. The molecule has 2 aromatic rings. The van der Waals surface area contributed by atoms with Crippen molar-refractivity contribution in [1.29, 1.82) is 0 Å². The molecule has 1 aromatic heterocycles. The maximum absolute atomic E-state index is 6.21. The lowest BCUT2D eigenvalue weighted by Crippen LogP contribution is -2.45. The summed E-state index contributed by atoms with van der Waals surface area (Å²) in [6.45, 7) is 4.08. The van der Waals surface area contributed by atoms with Crippen LogP contribution in [0.25, 0.3) is 0 Å². The Morgan fingerprint density at radius 3 is 2.75 bits per heavy atom. The molecule has 3 N–H and O–H groups in total. The van der Waals surface area contributed by atoms with Gasteiger partial charge in [-0.15, -0.1) is 11.3 Å². The third-order valence-corrected chi connectivity index (χ3v) is 4.83. The van der Waals surface area contributed by atoms with E-state index in [1.807, 2.05) is 18.2 Å². The van der Waals surface area contributed by atoms with Gasteiger partial charge >= 0.3 is 0 Å². The van der Waals surface area contributed by atoms with E-state index in [-0.39, 0.29) is 6.04 Å². The molecule has 0 radical (unpaired) electrons. The highest BCUT2D eigenvalue weighted by Gasteiger charge is 2.26. The highest BCUT2D eigenvalue weighted by molar-refractivity contribution is 7.10. The van der Waals surface area contributed by atoms with Crippen LogP contribution in [0.3, 0.4) is 0 Å². The zero-order chi connectivity index (χ0) is 13.9. The molecule has 0 spiro atoms. The highest BCUT2D eigenvalue weighted by Crippen LogP contribution is 2.36. The minimum absolute atomic E-state index is 0.204. The number of nitrogen functional groups attached to an aromatic ring is 1. The number of anilines is 1. The Morgan fingerprint density at radius 2 is 2.05 bits per heavy atom. The van der Waals surface area contributed by atoms with Crippen molar-refractivity contribution in [2.45, 2.75) is 6.04 Å². The van der Waals surface area contributed by atoms with E-state index in [9.17, 15) is 0 Å². The van der Waals surface area contributed by atoms with E-state index in [1.165, 1.54) is 4.88 Å². The van der Waals surface area contributed by atoms with Gasteiger partial charge in [0.25, 0.3) is 0 Å². The molecule has 0 unspecified atom stereocenters. The van der Waals surface area contributed by atoms with Crippen molar-refractivity contribution in [3.8, 4) is 0 Å². The number of nitrogens with zero attached hydrogens (tertiary/aromatic N) is 1. The lowest BCUT2D eigenvalue weighted by molar-refractivity contribution is 0.201. The normalized spacial score (nSPS) is 18.1. The highest BCUT2D eigenvalue weighted by atomic mass is 35.5. The minimum atomic E-state index is 0.204. The topological polar surface area (TPSA) is 41.3 Å². The van der Waals surface area contributed by atoms with E-state index < -0.39 is 0 Å². The first kappa shape index (κ1) is 13.9. The summed E-state index contributed by atoms with van der Waals surface area (Å²) in [6.07, 6.45) is 0. The van der Waals surface area contributed by atoms with Gasteiger partial charge in [0.1, 0.15) is 0 Å². The second-order valence-electron chi connectivity index (χ2n) is 4.98. The zero-order valence-electron chi connectivity index (χ0n) is 11.2. The van der Waals surface area contributed by atoms with E-state index in [1.54, 1.807) is 11.3 Å². The average molecular weight is 308 g/mol. The van der Waals surface area contributed by atoms with Crippen molar-refractivity contribution in [3.05, 3.63) is 51.2 Å². The van der Waals surface area contributed by atoms with Crippen LogP contribution in [-0.2, 0) is 0 Å². The number of rotatable bonds is 3. The SMILES string of the molecule is Nc1ccc(Cl)cc1[C@H](c1cccs1)N1CCNCC1. The van der Waals surface area contributed by atoms with Gasteiger partial charge < -0.3 is 11.1 Å². The van der Waals surface area contributed by atoms with Crippen molar-refractivity contribution in [2.75, 3.05) is 31.9 Å². The predicted molar refractivity (Wildman–Crippen MR) is 86.5 cm³/mol. The fraction of sp³-hybridized carbons (Fsp3) is 0.333. The number of nitrogens with two attached hydrogens (primary N) is 1. The molecule has 1 aromatic carbocycles. The quantitative estimate of drug-likeness (QED) is 0.857. The summed E-state index contributed by atoms with van der Waals surface area (Å²) < 4.78 is 0. The van der Waals surface area contributed by atoms with Gasteiger partial charge in [-0.25, -0.2) is 0 Å². The Hall–Kier alpha value is -1.07. The monoisotopic (exact) mass is 307 g/mol. The van der Waals surface area contributed by atoms with Crippen molar-refractivity contribution in [3.63, 3.8) is 0 Å². The minimum Gasteiger partial charge on any atom is -0.398 e. The van der Waals surface area contributed by atoms with Crippen LogP contribution >= 0.6 is 22.9 Å². The molecular formula is C15H18ClN3S. The molecule has 2 heterocycles. The van der Waals surface area contributed by atoms with Crippen LogP contribution in [-0.4, -0.2) is 31.1 Å². The Balaban J connectivity index is 2.02.